The van der Waals surface area contributed by atoms with E-state index in [2.05, 4.69) is 67.3 Å². The number of para-hydroxylation sites is 1. The molecule has 1 atom stereocenters. The first kappa shape index (κ1) is 14.5. The van der Waals surface area contributed by atoms with Gasteiger partial charge in [-0.25, -0.2) is 0 Å². The summed E-state index contributed by atoms with van der Waals surface area (Å²) in [5.41, 5.74) is 4.65. The van der Waals surface area contributed by atoms with Crippen molar-refractivity contribution in [3.8, 4) is 0 Å². The van der Waals surface area contributed by atoms with E-state index in [1.54, 1.807) is 10.4 Å². The van der Waals surface area contributed by atoms with E-state index in [-0.39, 0.29) is 5.54 Å². The van der Waals surface area contributed by atoms with Crippen molar-refractivity contribution in [1.82, 2.24) is 0 Å². The van der Waals surface area contributed by atoms with Crippen LogP contribution in [0.15, 0.2) is 48.5 Å². The van der Waals surface area contributed by atoms with E-state index in [0.29, 0.717) is 6.04 Å². The lowest BCUT2D eigenvalue weighted by atomic mass is 9.94. The lowest BCUT2D eigenvalue weighted by Gasteiger charge is -2.41. The van der Waals surface area contributed by atoms with Crippen LogP contribution in [-0.4, -0.2) is 0 Å². The molecule has 2 aromatic carbocycles. The van der Waals surface area contributed by atoms with Gasteiger partial charge in [0.25, 0.3) is 0 Å². The Balaban J connectivity index is 1.79. The van der Waals surface area contributed by atoms with E-state index in [1.165, 1.54) is 47.0 Å². The Morgan fingerprint density at radius 2 is 1.71 bits per heavy atom. The minimum absolute atomic E-state index is 0.227. The number of nitrogens with zero attached hydrogens (tertiary/aromatic N) is 1. The molecule has 1 nitrogen and oxygen atoms in total. The first-order valence-electron chi connectivity index (χ1n) is 9.09. The molecule has 2 aliphatic rings. The van der Waals surface area contributed by atoms with Gasteiger partial charge in [-0.2, -0.15) is 0 Å². The van der Waals surface area contributed by atoms with Crippen LogP contribution < -0.4 is 4.90 Å². The van der Waals surface area contributed by atoms with Gasteiger partial charge in [0, 0.05) is 15.3 Å². The van der Waals surface area contributed by atoms with Gasteiger partial charge in [0.05, 0.1) is 11.6 Å². The minimum atomic E-state index is 0.227. The number of rotatable bonds is 1. The van der Waals surface area contributed by atoms with Crippen LogP contribution in [0.4, 0.5) is 5.69 Å². The molecular weight excluding hydrogens is 310 g/mol. The summed E-state index contributed by atoms with van der Waals surface area (Å²) in [6.45, 7) is 4.67. The van der Waals surface area contributed by atoms with Gasteiger partial charge in [-0.1, -0.05) is 49.2 Å². The predicted molar refractivity (Wildman–Crippen MR) is 104 cm³/mol. The number of anilines is 1. The summed E-state index contributed by atoms with van der Waals surface area (Å²) in [7, 11) is 0. The molecule has 1 spiro atoms. The number of hydrogen-bond donors (Lipinski definition) is 0. The molecule has 0 radical (unpaired) electrons. The second kappa shape index (κ2) is 5.10. The predicted octanol–water partition coefficient (Wildman–Crippen LogP) is 6.56. The maximum Gasteiger partial charge on any atom is 0.0756 e. The summed E-state index contributed by atoms with van der Waals surface area (Å²) < 4.78 is 1.46. The molecule has 1 aliphatic carbocycles. The molecule has 3 aromatic rings. The Morgan fingerprint density at radius 1 is 1.00 bits per heavy atom. The largest absolute Gasteiger partial charge is 0.354 e. The van der Waals surface area contributed by atoms with Crippen LogP contribution in [0.1, 0.15) is 54.7 Å². The minimum Gasteiger partial charge on any atom is -0.354 e. The van der Waals surface area contributed by atoms with E-state index in [9.17, 15) is 0 Å². The highest BCUT2D eigenvalue weighted by molar-refractivity contribution is 7.19. The Kier molecular flexibility index (Phi) is 3.09. The van der Waals surface area contributed by atoms with Gasteiger partial charge in [-0.15, -0.1) is 11.3 Å². The summed E-state index contributed by atoms with van der Waals surface area (Å²) in [4.78, 5) is 4.42. The van der Waals surface area contributed by atoms with Crippen LogP contribution in [0, 0.1) is 6.92 Å². The Morgan fingerprint density at radius 3 is 2.50 bits per heavy atom. The highest BCUT2D eigenvalue weighted by Crippen LogP contribution is 2.60. The van der Waals surface area contributed by atoms with Crippen LogP contribution in [0.5, 0.6) is 0 Å². The van der Waals surface area contributed by atoms with E-state index < -0.39 is 0 Å². The monoisotopic (exact) mass is 333 g/mol. The zero-order chi connectivity index (χ0) is 16.3. The fourth-order valence-corrected chi connectivity index (χ4v) is 6.67. The Hall–Kier alpha value is -1.80. The zero-order valence-corrected chi connectivity index (χ0v) is 15.2. The molecule has 1 unspecified atom stereocenters. The summed E-state index contributed by atoms with van der Waals surface area (Å²) in [6.07, 6.45) is 5.29. The normalized spacial score (nSPS) is 21.8. The number of aryl methyl sites for hydroxylation is 1. The first-order valence-corrected chi connectivity index (χ1v) is 9.91. The lowest BCUT2D eigenvalue weighted by molar-refractivity contribution is 0.421. The molecule has 2 heterocycles. The summed E-state index contributed by atoms with van der Waals surface area (Å²) in [6, 6.07) is 18.4. The molecule has 1 aliphatic heterocycles. The first-order chi connectivity index (χ1) is 11.7. The average Bonchev–Trinajstić information content (AvgIpc) is 3.26. The molecule has 2 heteroatoms. The van der Waals surface area contributed by atoms with Gasteiger partial charge in [-0.05, 0) is 55.3 Å². The lowest BCUT2D eigenvalue weighted by Crippen LogP contribution is -2.40. The summed E-state index contributed by atoms with van der Waals surface area (Å²) >= 11 is 2.05. The van der Waals surface area contributed by atoms with Gasteiger partial charge in [0.1, 0.15) is 0 Å². The molecule has 1 aromatic heterocycles. The van der Waals surface area contributed by atoms with Gasteiger partial charge < -0.3 is 4.90 Å². The van der Waals surface area contributed by atoms with Crippen molar-refractivity contribution in [3.05, 3.63) is 64.5 Å². The van der Waals surface area contributed by atoms with Crippen LogP contribution in [0.2, 0.25) is 0 Å². The van der Waals surface area contributed by atoms with E-state index in [1.807, 2.05) is 11.3 Å². The molecule has 0 bridgehead atoms. The number of thiophene rings is 1. The molecule has 0 saturated heterocycles. The van der Waals surface area contributed by atoms with E-state index in [0.717, 1.165) is 0 Å². The molecule has 122 valence electrons. The molecule has 0 N–H and O–H groups in total. The molecular formula is C22H23NS. The van der Waals surface area contributed by atoms with Gasteiger partial charge in [-0.3, -0.25) is 0 Å². The van der Waals surface area contributed by atoms with Crippen molar-refractivity contribution < 1.29 is 0 Å². The van der Waals surface area contributed by atoms with Crippen LogP contribution >= 0.6 is 11.3 Å². The van der Waals surface area contributed by atoms with Crippen LogP contribution in [0.25, 0.3) is 10.1 Å². The van der Waals surface area contributed by atoms with Crippen LogP contribution in [-0.2, 0) is 5.54 Å². The summed E-state index contributed by atoms with van der Waals surface area (Å²) in [5, 5.41) is 1.48. The highest BCUT2D eigenvalue weighted by Gasteiger charge is 2.52. The van der Waals surface area contributed by atoms with Gasteiger partial charge >= 0.3 is 0 Å². The van der Waals surface area contributed by atoms with E-state index >= 15 is 0 Å². The van der Waals surface area contributed by atoms with Crippen molar-refractivity contribution >= 4 is 27.1 Å². The van der Waals surface area contributed by atoms with Crippen LogP contribution in [0.3, 0.4) is 0 Å². The quantitative estimate of drug-likeness (QED) is 0.487. The third-order valence-electron chi connectivity index (χ3n) is 6.13. The molecule has 1 fully saturated rings. The molecule has 1 saturated carbocycles. The van der Waals surface area contributed by atoms with E-state index in [4.69, 9.17) is 0 Å². The zero-order valence-electron chi connectivity index (χ0n) is 14.4. The van der Waals surface area contributed by atoms with Gasteiger partial charge in [0.2, 0.25) is 0 Å². The highest BCUT2D eigenvalue weighted by atomic mass is 32.1. The van der Waals surface area contributed by atoms with Crippen molar-refractivity contribution in [2.75, 3.05) is 4.90 Å². The molecule has 24 heavy (non-hydrogen) atoms. The van der Waals surface area contributed by atoms with Crippen molar-refractivity contribution in [2.45, 2.75) is 51.1 Å². The van der Waals surface area contributed by atoms with Crippen molar-refractivity contribution in [1.29, 1.82) is 0 Å². The van der Waals surface area contributed by atoms with Crippen molar-refractivity contribution in [2.24, 2.45) is 0 Å². The maximum absolute atomic E-state index is 2.77. The number of benzene rings is 2. The topological polar surface area (TPSA) is 3.24 Å². The fraction of sp³-hybridized carbons (Fsp3) is 0.364. The molecule has 0 amide bonds. The maximum atomic E-state index is 2.77. The summed E-state index contributed by atoms with van der Waals surface area (Å²) in [5.74, 6) is 0. The third-order valence-corrected chi connectivity index (χ3v) is 7.51. The van der Waals surface area contributed by atoms with Crippen molar-refractivity contribution in [3.63, 3.8) is 0 Å². The smallest absolute Gasteiger partial charge is 0.0756 e. The number of hydrogen-bond acceptors (Lipinski definition) is 2. The molecule has 5 rings (SSSR count). The fourth-order valence-electron chi connectivity index (χ4n) is 5.14. The number of fused-ring (bicyclic) bond motifs is 4. The van der Waals surface area contributed by atoms with Gasteiger partial charge in [0.15, 0.2) is 0 Å². The third kappa shape index (κ3) is 1.75. The Bertz CT molecular complexity index is 917. The average molecular weight is 334 g/mol. The SMILES string of the molecule is Cc1ccccc1N1C(C)c2c(sc3ccccc23)C12CCCC2. The Labute approximate surface area is 147 Å². The standard InChI is InChI=1S/C22H23NS/c1-15-9-3-5-11-18(15)23-16(2)20-17-10-4-6-12-19(17)24-21(20)22(23)13-7-8-14-22/h3-6,9-12,16H,7-8,13-14H2,1-2H3. The second-order valence-corrected chi connectivity index (χ2v) is 8.46. The second-order valence-electron chi connectivity index (χ2n) is 7.41.